The summed E-state index contributed by atoms with van der Waals surface area (Å²) in [6.07, 6.45) is 3.53. The molecule has 0 aromatic heterocycles. The van der Waals surface area contributed by atoms with Crippen molar-refractivity contribution in [2.75, 3.05) is 26.2 Å². The maximum atomic E-state index is 12.7. The van der Waals surface area contributed by atoms with E-state index < -0.39 is 10.0 Å². The number of piperidine rings is 1. The van der Waals surface area contributed by atoms with Crippen molar-refractivity contribution in [3.05, 3.63) is 29.3 Å². The number of carbonyl (C=O) groups is 1. The Morgan fingerprint density at radius 2 is 1.92 bits per heavy atom. The summed E-state index contributed by atoms with van der Waals surface area (Å²) in [5.74, 6) is -0.258. The minimum absolute atomic E-state index is 0. The number of sulfonamides is 1. The number of amides is 1. The smallest absolute Gasteiger partial charge is 0.251 e. The minimum Gasteiger partial charge on any atom is -0.352 e. The van der Waals surface area contributed by atoms with E-state index in [9.17, 15) is 13.2 Å². The van der Waals surface area contributed by atoms with Crippen LogP contribution in [0.2, 0.25) is 0 Å². The molecule has 1 saturated heterocycles. The third-order valence-electron chi connectivity index (χ3n) is 4.07. The van der Waals surface area contributed by atoms with Gasteiger partial charge in [0, 0.05) is 25.2 Å². The summed E-state index contributed by atoms with van der Waals surface area (Å²) in [5.41, 5.74) is 6.57. The molecule has 0 spiro atoms. The number of hydrogen-bond acceptors (Lipinski definition) is 4. The number of nitrogens with one attached hydrogen (secondary N) is 1. The average molecular weight is 376 g/mol. The third-order valence-corrected chi connectivity index (χ3v) is 5.97. The summed E-state index contributed by atoms with van der Waals surface area (Å²) in [6, 6.07) is 4.75. The highest BCUT2D eigenvalue weighted by Crippen LogP contribution is 2.22. The number of rotatable bonds is 6. The fourth-order valence-corrected chi connectivity index (χ4v) is 4.20. The number of carbonyl (C=O) groups excluding carboxylic acids is 1. The maximum Gasteiger partial charge on any atom is 0.251 e. The first-order valence-corrected chi connectivity index (χ1v) is 9.50. The predicted molar refractivity (Wildman–Crippen MR) is 97.0 cm³/mol. The minimum atomic E-state index is -3.53. The van der Waals surface area contributed by atoms with Crippen LogP contribution in [0, 0.1) is 6.92 Å². The Balaban J connectivity index is 0.00000288. The first-order valence-electron chi connectivity index (χ1n) is 8.06. The molecule has 1 aliphatic heterocycles. The fraction of sp³-hybridized carbons (Fsp3) is 0.562. The van der Waals surface area contributed by atoms with Crippen molar-refractivity contribution in [1.29, 1.82) is 0 Å². The molecule has 1 heterocycles. The van der Waals surface area contributed by atoms with Crippen molar-refractivity contribution in [3.8, 4) is 0 Å². The van der Waals surface area contributed by atoms with Crippen LogP contribution in [0.5, 0.6) is 0 Å². The molecule has 8 heteroatoms. The Morgan fingerprint density at radius 3 is 2.54 bits per heavy atom. The van der Waals surface area contributed by atoms with Gasteiger partial charge in [0.15, 0.2) is 0 Å². The number of nitrogens with two attached hydrogens (primary N) is 1. The number of aryl methyl sites for hydroxylation is 1. The van der Waals surface area contributed by atoms with Crippen LogP contribution >= 0.6 is 12.4 Å². The normalized spacial score (nSPS) is 15.6. The highest BCUT2D eigenvalue weighted by atomic mass is 35.5. The molecule has 0 aliphatic carbocycles. The van der Waals surface area contributed by atoms with Gasteiger partial charge in [-0.2, -0.15) is 4.31 Å². The maximum absolute atomic E-state index is 12.7. The van der Waals surface area contributed by atoms with Crippen LogP contribution in [0.25, 0.3) is 0 Å². The van der Waals surface area contributed by atoms with Crippen LogP contribution in [0.15, 0.2) is 23.1 Å². The molecule has 3 N–H and O–H groups in total. The van der Waals surface area contributed by atoms with Gasteiger partial charge in [-0.15, -0.1) is 12.4 Å². The zero-order valence-electron chi connectivity index (χ0n) is 14.0. The molecule has 0 saturated carbocycles. The predicted octanol–water partition coefficient (Wildman–Crippen LogP) is 1.67. The topological polar surface area (TPSA) is 92.5 Å². The number of hydrogen-bond donors (Lipinski definition) is 2. The van der Waals surface area contributed by atoms with Crippen molar-refractivity contribution in [3.63, 3.8) is 0 Å². The van der Waals surface area contributed by atoms with Gasteiger partial charge in [-0.25, -0.2) is 8.42 Å². The van der Waals surface area contributed by atoms with Crippen LogP contribution in [0.4, 0.5) is 0 Å². The molecule has 1 aromatic rings. The van der Waals surface area contributed by atoms with E-state index in [2.05, 4.69) is 5.32 Å². The summed E-state index contributed by atoms with van der Waals surface area (Å²) in [5, 5.41) is 2.77. The second-order valence-corrected chi connectivity index (χ2v) is 7.78. The van der Waals surface area contributed by atoms with Crippen LogP contribution in [0.3, 0.4) is 0 Å². The van der Waals surface area contributed by atoms with Gasteiger partial charge in [0.05, 0.1) is 4.90 Å². The van der Waals surface area contributed by atoms with Crippen LogP contribution in [0.1, 0.15) is 41.6 Å². The molecule has 1 fully saturated rings. The highest BCUT2D eigenvalue weighted by Gasteiger charge is 2.26. The first-order chi connectivity index (χ1) is 11.0. The highest BCUT2D eigenvalue weighted by molar-refractivity contribution is 7.89. The zero-order chi connectivity index (χ0) is 16.9. The second-order valence-electron chi connectivity index (χ2n) is 5.84. The van der Waals surface area contributed by atoms with Crippen LogP contribution in [-0.2, 0) is 10.0 Å². The molecular formula is C16H26ClN3O3S. The van der Waals surface area contributed by atoms with Crippen molar-refractivity contribution >= 4 is 28.3 Å². The number of benzene rings is 1. The van der Waals surface area contributed by atoms with E-state index in [-0.39, 0.29) is 23.2 Å². The molecule has 136 valence electrons. The number of halogens is 1. The van der Waals surface area contributed by atoms with E-state index in [4.69, 9.17) is 5.73 Å². The summed E-state index contributed by atoms with van der Waals surface area (Å²) in [4.78, 5) is 12.4. The standard InChI is InChI=1S/C16H25N3O3S.ClH/c1-13-6-7-14(12-15(13)16(20)18-9-5-8-17)23(21,22)19-10-3-2-4-11-19;/h6-7,12H,2-5,8-11,17H2,1H3,(H,18,20);1H. The molecule has 1 aliphatic rings. The molecule has 1 aromatic carbocycles. The summed E-state index contributed by atoms with van der Waals surface area (Å²) in [7, 11) is -3.53. The van der Waals surface area contributed by atoms with Gasteiger partial charge in [-0.1, -0.05) is 12.5 Å². The van der Waals surface area contributed by atoms with Gasteiger partial charge in [-0.05, 0) is 50.4 Å². The van der Waals surface area contributed by atoms with Crippen LogP contribution in [-0.4, -0.2) is 44.8 Å². The Morgan fingerprint density at radius 1 is 1.25 bits per heavy atom. The SMILES string of the molecule is Cc1ccc(S(=O)(=O)N2CCCCC2)cc1C(=O)NCCCN.Cl. The summed E-state index contributed by atoms with van der Waals surface area (Å²) >= 11 is 0. The summed E-state index contributed by atoms with van der Waals surface area (Å²) < 4.78 is 26.9. The zero-order valence-corrected chi connectivity index (χ0v) is 15.6. The first kappa shape index (κ1) is 20.9. The van der Waals surface area contributed by atoms with Gasteiger partial charge in [0.1, 0.15) is 0 Å². The van der Waals surface area contributed by atoms with Crippen molar-refractivity contribution < 1.29 is 13.2 Å². The molecule has 2 rings (SSSR count). The molecule has 1 amide bonds. The fourth-order valence-electron chi connectivity index (χ4n) is 2.66. The third kappa shape index (κ3) is 4.92. The lowest BCUT2D eigenvalue weighted by Gasteiger charge is -2.26. The van der Waals surface area contributed by atoms with Crippen LogP contribution < -0.4 is 11.1 Å². The monoisotopic (exact) mass is 375 g/mol. The lowest BCUT2D eigenvalue weighted by atomic mass is 10.1. The van der Waals surface area contributed by atoms with Crippen molar-refractivity contribution in [1.82, 2.24) is 9.62 Å². The Kier molecular flexibility index (Phi) is 8.15. The van der Waals surface area contributed by atoms with E-state index in [1.165, 1.54) is 10.4 Å². The molecule has 24 heavy (non-hydrogen) atoms. The lowest BCUT2D eigenvalue weighted by Crippen LogP contribution is -2.35. The van der Waals surface area contributed by atoms with Gasteiger partial charge in [-0.3, -0.25) is 4.79 Å². The second kappa shape index (κ2) is 9.36. The molecule has 6 nitrogen and oxygen atoms in total. The molecule has 0 unspecified atom stereocenters. The number of nitrogens with zero attached hydrogens (tertiary/aromatic N) is 1. The van der Waals surface area contributed by atoms with E-state index in [1.807, 2.05) is 0 Å². The van der Waals surface area contributed by atoms with Crippen molar-refractivity contribution in [2.24, 2.45) is 5.73 Å². The van der Waals surface area contributed by atoms with E-state index in [1.54, 1.807) is 19.1 Å². The molecule has 0 atom stereocenters. The molecular weight excluding hydrogens is 350 g/mol. The summed E-state index contributed by atoms with van der Waals surface area (Å²) in [6.45, 7) is 3.89. The van der Waals surface area contributed by atoms with E-state index >= 15 is 0 Å². The van der Waals surface area contributed by atoms with E-state index in [0.29, 0.717) is 38.2 Å². The molecule has 0 radical (unpaired) electrons. The quantitative estimate of drug-likeness (QED) is 0.739. The van der Waals surface area contributed by atoms with Gasteiger partial charge >= 0.3 is 0 Å². The Hall–Kier alpha value is -1.15. The van der Waals surface area contributed by atoms with Crippen molar-refractivity contribution in [2.45, 2.75) is 37.5 Å². The van der Waals surface area contributed by atoms with Gasteiger partial charge in [0.2, 0.25) is 10.0 Å². The van der Waals surface area contributed by atoms with E-state index in [0.717, 1.165) is 24.8 Å². The largest absolute Gasteiger partial charge is 0.352 e. The van der Waals surface area contributed by atoms with Gasteiger partial charge < -0.3 is 11.1 Å². The molecule has 0 bridgehead atoms. The average Bonchev–Trinajstić information content (AvgIpc) is 2.56. The lowest BCUT2D eigenvalue weighted by molar-refractivity contribution is 0.0952. The Labute approximate surface area is 150 Å². The van der Waals surface area contributed by atoms with Gasteiger partial charge in [0.25, 0.3) is 5.91 Å². The Bertz CT molecular complexity index is 659.